The van der Waals surface area contributed by atoms with Crippen molar-refractivity contribution in [2.24, 2.45) is 5.16 Å². The minimum absolute atomic E-state index is 0.175. The number of hydrogen-bond acceptors (Lipinski definition) is 5. The lowest BCUT2D eigenvalue weighted by Gasteiger charge is -2.19. The van der Waals surface area contributed by atoms with Crippen molar-refractivity contribution in [3.8, 4) is 0 Å². The molecule has 2 aromatic rings. The number of rotatable bonds is 4. The number of hydrogen-bond donors (Lipinski definition) is 1. The molecule has 0 fully saturated rings. The van der Waals surface area contributed by atoms with E-state index in [1.807, 2.05) is 32.9 Å². The number of ether oxygens (including phenoxy) is 1. The van der Waals surface area contributed by atoms with E-state index in [4.69, 9.17) is 9.57 Å². The van der Waals surface area contributed by atoms with Crippen LogP contribution in [0, 0.1) is 0 Å². The van der Waals surface area contributed by atoms with Crippen molar-refractivity contribution in [2.45, 2.75) is 33.0 Å². The number of anilines is 1. The number of halogens is 1. The van der Waals surface area contributed by atoms with Gasteiger partial charge in [0.2, 0.25) is 0 Å². The quantitative estimate of drug-likeness (QED) is 0.579. The highest BCUT2D eigenvalue weighted by atomic mass is 79.9. The first-order chi connectivity index (χ1) is 12.7. The van der Waals surface area contributed by atoms with Crippen LogP contribution in [0.4, 0.5) is 5.69 Å². The molecule has 1 amide bonds. The molecule has 0 aliphatic carbocycles. The van der Waals surface area contributed by atoms with E-state index in [0.29, 0.717) is 16.8 Å². The lowest BCUT2D eigenvalue weighted by Crippen LogP contribution is -2.23. The van der Waals surface area contributed by atoms with Crippen molar-refractivity contribution < 1.29 is 19.2 Å². The van der Waals surface area contributed by atoms with Crippen LogP contribution in [0.2, 0.25) is 0 Å². The largest absolute Gasteiger partial charge is 0.456 e. The SMILES string of the molecule is CC(C)(C)OC(=O)c1ccc(CO/N=C2\C(=O)Nc3ccc(Br)cc32)cc1. The maximum Gasteiger partial charge on any atom is 0.338 e. The Hall–Kier alpha value is -2.67. The third kappa shape index (κ3) is 4.74. The number of nitrogens with zero attached hydrogens (tertiary/aromatic N) is 1. The molecule has 0 spiro atoms. The summed E-state index contributed by atoms with van der Waals surface area (Å²) in [6.45, 7) is 5.64. The van der Waals surface area contributed by atoms with Crippen molar-refractivity contribution >= 4 is 39.2 Å². The summed E-state index contributed by atoms with van der Waals surface area (Å²) in [6.07, 6.45) is 0. The van der Waals surface area contributed by atoms with Crippen LogP contribution in [0.25, 0.3) is 0 Å². The first-order valence-corrected chi connectivity index (χ1v) is 9.16. The Balaban J connectivity index is 1.65. The van der Waals surface area contributed by atoms with Gasteiger partial charge in [0.15, 0.2) is 5.71 Å². The van der Waals surface area contributed by atoms with Crippen LogP contribution in [0.5, 0.6) is 0 Å². The van der Waals surface area contributed by atoms with Crippen molar-refractivity contribution in [3.05, 3.63) is 63.6 Å². The maximum absolute atomic E-state index is 12.0. The van der Waals surface area contributed by atoms with Gasteiger partial charge in [-0.05, 0) is 56.7 Å². The Morgan fingerprint density at radius 2 is 1.85 bits per heavy atom. The van der Waals surface area contributed by atoms with Crippen molar-refractivity contribution in [2.75, 3.05) is 5.32 Å². The molecule has 1 aliphatic heterocycles. The average Bonchev–Trinajstić information content (AvgIpc) is 2.89. The predicted molar refractivity (Wildman–Crippen MR) is 106 cm³/mol. The first kappa shape index (κ1) is 19.1. The molecule has 0 unspecified atom stereocenters. The van der Waals surface area contributed by atoms with Crippen molar-refractivity contribution in [3.63, 3.8) is 0 Å². The molecule has 0 saturated heterocycles. The molecule has 7 heteroatoms. The number of carbonyl (C=O) groups excluding carboxylic acids is 2. The standard InChI is InChI=1S/C20H19BrN2O4/c1-20(2,3)27-19(25)13-6-4-12(5-7-13)11-26-23-17-15-10-14(21)8-9-16(15)22-18(17)24/h4-10H,11H2,1-3H3,(H,22,23,24). The van der Waals surface area contributed by atoms with Gasteiger partial charge in [-0.15, -0.1) is 0 Å². The van der Waals surface area contributed by atoms with Gasteiger partial charge < -0.3 is 14.9 Å². The van der Waals surface area contributed by atoms with Gasteiger partial charge in [0.1, 0.15) is 12.2 Å². The van der Waals surface area contributed by atoms with Crippen LogP contribution in [-0.4, -0.2) is 23.2 Å². The molecule has 27 heavy (non-hydrogen) atoms. The van der Waals surface area contributed by atoms with E-state index >= 15 is 0 Å². The van der Waals surface area contributed by atoms with Gasteiger partial charge in [-0.2, -0.15) is 0 Å². The Kier molecular flexibility index (Phi) is 5.32. The molecule has 0 radical (unpaired) electrons. The summed E-state index contributed by atoms with van der Waals surface area (Å²) < 4.78 is 6.18. The fraction of sp³-hybridized carbons (Fsp3) is 0.250. The molecule has 0 saturated carbocycles. The van der Waals surface area contributed by atoms with Crippen LogP contribution in [0.1, 0.15) is 42.3 Å². The molecule has 0 aromatic heterocycles. The normalized spacial score (nSPS) is 14.7. The molecule has 0 atom stereocenters. The van der Waals surface area contributed by atoms with E-state index in [0.717, 1.165) is 10.0 Å². The predicted octanol–water partition coefficient (Wildman–Crippen LogP) is 4.28. The number of amides is 1. The third-order valence-electron chi connectivity index (χ3n) is 3.68. The van der Waals surface area contributed by atoms with Gasteiger partial charge in [0.25, 0.3) is 5.91 Å². The Bertz CT molecular complexity index is 915. The van der Waals surface area contributed by atoms with E-state index < -0.39 is 5.60 Å². The minimum atomic E-state index is -0.540. The molecule has 1 aliphatic rings. The molecular formula is C20H19BrN2O4. The van der Waals surface area contributed by atoms with Crippen LogP contribution in [0.15, 0.2) is 52.1 Å². The maximum atomic E-state index is 12.0. The molecule has 6 nitrogen and oxygen atoms in total. The van der Waals surface area contributed by atoms with Gasteiger partial charge in [0.05, 0.1) is 11.3 Å². The smallest absolute Gasteiger partial charge is 0.338 e. The monoisotopic (exact) mass is 430 g/mol. The number of esters is 1. The van der Waals surface area contributed by atoms with E-state index in [9.17, 15) is 9.59 Å². The van der Waals surface area contributed by atoms with Crippen LogP contribution in [0.3, 0.4) is 0 Å². The molecule has 140 valence electrons. The highest BCUT2D eigenvalue weighted by molar-refractivity contribution is 9.10. The highest BCUT2D eigenvalue weighted by Crippen LogP contribution is 2.27. The molecule has 2 aromatic carbocycles. The van der Waals surface area contributed by atoms with Crippen molar-refractivity contribution in [1.82, 2.24) is 0 Å². The highest BCUT2D eigenvalue weighted by Gasteiger charge is 2.27. The zero-order valence-corrected chi connectivity index (χ0v) is 16.8. The van der Waals surface area contributed by atoms with Crippen LogP contribution >= 0.6 is 15.9 Å². The number of nitrogens with one attached hydrogen (secondary N) is 1. The third-order valence-corrected chi connectivity index (χ3v) is 4.17. The Morgan fingerprint density at radius 3 is 2.52 bits per heavy atom. The number of fused-ring (bicyclic) bond motifs is 1. The van der Waals surface area contributed by atoms with Crippen LogP contribution < -0.4 is 5.32 Å². The molecular weight excluding hydrogens is 412 g/mol. The summed E-state index contributed by atoms with van der Waals surface area (Å²) in [5.41, 5.74) is 2.37. The van der Waals surface area contributed by atoms with Crippen LogP contribution in [-0.2, 0) is 21.0 Å². The zero-order chi connectivity index (χ0) is 19.6. The summed E-state index contributed by atoms with van der Waals surface area (Å²) in [7, 11) is 0. The number of oxime groups is 1. The lowest BCUT2D eigenvalue weighted by atomic mass is 10.1. The lowest BCUT2D eigenvalue weighted by molar-refractivity contribution is -0.110. The number of benzene rings is 2. The fourth-order valence-corrected chi connectivity index (χ4v) is 2.82. The first-order valence-electron chi connectivity index (χ1n) is 8.36. The molecule has 3 rings (SSSR count). The second kappa shape index (κ2) is 7.52. The second-order valence-electron chi connectivity index (χ2n) is 7.06. The van der Waals surface area contributed by atoms with Gasteiger partial charge in [-0.1, -0.05) is 33.2 Å². The van der Waals surface area contributed by atoms with E-state index in [2.05, 4.69) is 26.4 Å². The Morgan fingerprint density at radius 1 is 1.15 bits per heavy atom. The topological polar surface area (TPSA) is 77.0 Å². The second-order valence-corrected chi connectivity index (χ2v) is 7.97. The molecule has 1 N–H and O–H groups in total. The van der Waals surface area contributed by atoms with Gasteiger partial charge in [-0.3, -0.25) is 4.79 Å². The molecule has 1 heterocycles. The summed E-state index contributed by atoms with van der Waals surface area (Å²) in [4.78, 5) is 29.4. The zero-order valence-electron chi connectivity index (χ0n) is 15.2. The van der Waals surface area contributed by atoms with Gasteiger partial charge >= 0.3 is 5.97 Å². The summed E-state index contributed by atoms with van der Waals surface area (Å²) in [6, 6.07) is 12.3. The summed E-state index contributed by atoms with van der Waals surface area (Å²) >= 11 is 3.38. The van der Waals surface area contributed by atoms with Gasteiger partial charge in [0, 0.05) is 10.0 Å². The number of carbonyl (C=O) groups is 2. The van der Waals surface area contributed by atoms with E-state index in [1.54, 1.807) is 30.3 Å². The Labute approximate surface area is 165 Å². The van der Waals surface area contributed by atoms with E-state index in [1.165, 1.54) is 0 Å². The summed E-state index contributed by atoms with van der Waals surface area (Å²) in [5.74, 6) is -0.677. The summed E-state index contributed by atoms with van der Waals surface area (Å²) in [5, 5.41) is 6.72. The van der Waals surface area contributed by atoms with Gasteiger partial charge in [-0.25, -0.2) is 4.79 Å². The average molecular weight is 431 g/mol. The fourth-order valence-electron chi connectivity index (χ4n) is 2.46. The van der Waals surface area contributed by atoms with E-state index in [-0.39, 0.29) is 24.2 Å². The molecule has 0 bridgehead atoms. The van der Waals surface area contributed by atoms with Crippen molar-refractivity contribution in [1.29, 1.82) is 0 Å². The minimum Gasteiger partial charge on any atom is -0.456 e.